The molecular formula is C43H44N2O4Si. The molecule has 0 aromatic heterocycles. The Morgan fingerprint density at radius 2 is 1.18 bits per heavy atom. The summed E-state index contributed by atoms with van der Waals surface area (Å²) in [4.78, 5) is 30.4. The van der Waals surface area contributed by atoms with E-state index in [1.54, 1.807) is 7.11 Å². The standard InChI is InChI=1S/C43H44N2O4Si/c1-48-38-26-37-39-35-24-34(25-36(35)41(40(38)42(46)44-37)45(43(39)47)23-22-30-14-6-2-7-15-30)49-50(27-31-16-8-3-9-17-31,28-32-18-10-4-11-19-32)29-33-20-12-5-13-21-33/h2-21,26,34,37,39-41H,22-25,27-29H2,1H3,(H,44,46)/t34-,37+,39+,40-,41-/m1/s1. The van der Waals surface area contributed by atoms with Crippen molar-refractivity contribution < 1.29 is 18.8 Å². The molecule has 4 aromatic rings. The maximum absolute atomic E-state index is 14.6. The highest BCUT2D eigenvalue weighted by Crippen LogP contribution is 2.50. The van der Waals surface area contributed by atoms with Crippen molar-refractivity contribution in [1.82, 2.24) is 10.2 Å². The molecule has 50 heavy (non-hydrogen) atoms. The molecule has 5 heterocycles. The molecule has 0 radical (unpaired) electrons. The molecule has 1 fully saturated rings. The highest BCUT2D eigenvalue weighted by molar-refractivity contribution is 6.72. The number of hydrogen-bond donors (Lipinski definition) is 1. The number of ether oxygens (including phenoxy) is 1. The fourth-order valence-corrected chi connectivity index (χ4v) is 13.5. The van der Waals surface area contributed by atoms with Gasteiger partial charge in [0.25, 0.3) is 0 Å². The van der Waals surface area contributed by atoms with Crippen LogP contribution in [0.25, 0.3) is 0 Å². The number of benzene rings is 4. The second-order valence-corrected chi connectivity index (χ2v) is 18.0. The van der Waals surface area contributed by atoms with Gasteiger partial charge in [-0.25, -0.2) is 0 Å². The van der Waals surface area contributed by atoms with Gasteiger partial charge >= 0.3 is 0 Å². The van der Waals surface area contributed by atoms with Crippen molar-refractivity contribution in [2.45, 2.75) is 55.6 Å². The molecule has 1 N–H and O–H groups in total. The second-order valence-electron chi connectivity index (χ2n) is 14.3. The van der Waals surface area contributed by atoms with E-state index in [-0.39, 0.29) is 17.9 Å². The SMILES string of the molecule is COC1=C[C@@H]2NC(=O)[C@H]1[C@H]1C3=C(C[C@@H](O[Si](Cc4ccccc4)(Cc4ccccc4)Cc4ccccc4)C3)[C@@H]2C(=O)N1CCc1ccccc1. The van der Waals surface area contributed by atoms with Crippen LogP contribution in [-0.2, 0) is 43.3 Å². The van der Waals surface area contributed by atoms with Gasteiger partial charge in [-0.3, -0.25) is 9.59 Å². The summed E-state index contributed by atoms with van der Waals surface area (Å²) in [6, 6.07) is 44.4. The largest absolute Gasteiger partial charge is 0.500 e. The minimum absolute atomic E-state index is 0.0570. The molecule has 1 saturated heterocycles. The molecule has 0 unspecified atom stereocenters. The molecule has 0 saturated carbocycles. The van der Waals surface area contributed by atoms with Gasteiger partial charge in [-0.1, -0.05) is 127 Å². The van der Waals surface area contributed by atoms with Crippen LogP contribution in [-0.4, -0.2) is 56.9 Å². The van der Waals surface area contributed by atoms with Gasteiger partial charge in [0.15, 0.2) is 0 Å². The zero-order valence-electron chi connectivity index (χ0n) is 28.5. The Bertz CT molecular complexity index is 1800. The molecule has 7 heteroatoms. The van der Waals surface area contributed by atoms with E-state index in [2.05, 4.69) is 108 Å². The number of hydrogen-bond acceptors (Lipinski definition) is 4. The highest BCUT2D eigenvalue weighted by Gasteiger charge is 2.57. The Labute approximate surface area is 295 Å². The molecule has 4 bridgehead atoms. The summed E-state index contributed by atoms with van der Waals surface area (Å²) >= 11 is 0. The molecular weight excluding hydrogens is 637 g/mol. The number of nitrogens with zero attached hydrogens (tertiary/aromatic N) is 1. The van der Waals surface area contributed by atoms with Crippen LogP contribution in [0, 0.1) is 11.8 Å². The summed E-state index contributed by atoms with van der Waals surface area (Å²) < 4.78 is 13.6. The maximum Gasteiger partial charge on any atom is 0.233 e. The lowest BCUT2D eigenvalue weighted by atomic mass is 9.71. The highest BCUT2D eigenvalue weighted by atomic mass is 28.4. The van der Waals surface area contributed by atoms with E-state index < -0.39 is 32.2 Å². The van der Waals surface area contributed by atoms with E-state index >= 15 is 0 Å². The zero-order valence-corrected chi connectivity index (χ0v) is 29.5. The van der Waals surface area contributed by atoms with Crippen LogP contribution in [0.15, 0.2) is 144 Å². The maximum atomic E-state index is 14.6. The van der Waals surface area contributed by atoms with Crippen molar-refractivity contribution in [2.75, 3.05) is 13.7 Å². The van der Waals surface area contributed by atoms with Crippen molar-refractivity contribution in [1.29, 1.82) is 0 Å². The molecule has 2 aliphatic carbocycles. The van der Waals surface area contributed by atoms with E-state index in [1.165, 1.54) is 33.4 Å². The Morgan fingerprint density at radius 1 is 0.680 bits per heavy atom. The van der Waals surface area contributed by atoms with Gasteiger partial charge in [0.2, 0.25) is 20.1 Å². The third-order valence-electron chi connectivity index (χ3n) is 11.1. The van der Waals surface area contributed by atoms with Gasteiger partial charge < -0.3 is 19.4 Å². The Kier molecular flexibility index (Phi) is 9.02. The van der Waals surface area contributed by atoms with E-state index in [1.807, 2.05) is 29.2 Å². The van der Waals surface area contributed by atoms with Crippen molar-refractivity contribution in [3.63, 3.8) is 0 Å². The average molecular weight is 681 g/mol. The average Bonchev–Trinajstić information content (AvgIpc) is 3.52. The number of carbonyl (C=O) groups is 2. The second kappa shape index (κ2) is 13.9. The van der Waals surface area contributed by atoms with Crippen molar-refractivity contribution in [3.8, 4) is 0 Å². The first-order chi connectivity index (χ1) is 24.5. The number of carbonyl (C=O) groups excluding carboxylic acids is 2. The Hall–Kier alpha value is -4.72. The number of nitrogens with one attached hydrogen (secondary N) is 1. The number of methoxy groups -OCH3 is 1. The predicted molar refractivity (Wildman–Crippen MR) is 197 cm³/mol. The summed E-state index contributed by atoms with van der Waals surface area (Å²) in [5.74, 6) is -0.329. The minimum atomic E-state index is -2.59. The van der Waals surface area contributed by atoms with Crippen molar-refractivity contribution in [3.05, 3.63) is 167 Å². The summed E-state index contributed by atoms with van der Waals surface area (Å²) in [5, 5.41) is 3.20. The van der Waals surface area contributed by atoms with Crippen LogP contribution in [0.3, 0.4) is 0 Å². The summed E-state index contributed by atoms with van der Waals surface area (Å²) in [7, 11) is -0.942. The van der Waals surface area contributed by atoms with Gasteiger partial charge in [0.05, 0.1) is 31.2 Å². The molecule has 5 atom stereocenters. The Morgan fingerprint density at radius 3 is 1.70 bits per heavy atom. The lowest BCUT2D eigenvalue weighted by Gasteiger charge is -2.50. The molecule has 11 rings (SSSR count). The van der Waals surface area contributed by atoms with Crippen molar-refractivity contribution in [2.24, 2.45) is 11.8 Å². The first kappa shape index (κ1) is 32.5. The molecule has 2 amide bonds. The van der Waals surface area contributed by atoms with Crippen LogP contribution >= 0.6 is 0 Å². The lowest BCUT2D eigenvalue weighted by Crippen LogP contribution is -2.65. The zero-order chi connectivity index (χ0) is 34.1. The fourth-order valence-electron chi connectivity index (χ4n) is 9.04. The third-order valence-corrected chi connectivity index (χ3v) is 15.1. The summed E-state index contributed by atoms with van der Waals surface area (Å²) in [5.41, 5.74) is 7.43. The van der Waals surface area contributed by atoms with Gasteiger partial charge in [-0.05, 0) is 71.3 Å². The number of rotatable bonds is 12. The normalized spacial score (nSPS) is 24.1. The smallest absolute Gasteiger partial charge is 0.233 e. The fraction of sp³-hybridized carbons (Fsp3) is 0.302. The van der Waals surface area contributed by atoms with Crippen LogP contribution in [0.2, 0.25) is 0 Å². The van der Waals surface area contributed by atoms with E-state index in [9.17, 15) is 9.59 Å². The Balaban J connectivity index is 1.16. The van der Waals surface area contributed by atoms with Crippen LogP contribution in [0.1, 0.15) is 35.1 Å². The van der Waals surface area contributed by atoms with Crippen molar-refractivity contribution >= 4 is 20.1 Å². The van der Waals surface area contributed by atoms with Gasteiger partial charge in [-0.15, -0.1) is 0 Å². The summed E-state index contributed by atoms with van der Waals surface area (Å²) in [6.07, 6.45) is 4.06. The first-order valence-electron chi connectivity index (χ1n) is 17.9. The topological polar surface area (TPSA) is 67.9 Å². The van der Waals surface area contributed by atoms with E-state index in [4.69, 9.17) is 9.16 Å². The summed E-state index contributed by atoms with van der Waals surface area (Å²) in [6.45, 7) is 0.550. The quantitative estimate of drug-likeness (QED) is 0.137. The van der Waals surface area contributed by atoms with Gasteiger partial charge in [0, 0.05) is 6.54 Å². The molecule has 5 aliphatic heterocycles. The van der Waals surface area contributed by atoms with Gasteiger partial charge in [0.1, 0.15) is 11.7 Å². The van der Waals surface area contributed by atoms with Crippen LogP contribution in [0.4, 0.5) is 0 Å². The molecule has 0 spiro atoms. The number of amides is 2. The van der Waals surface area contributed by atoms with Crippen LogP contribution in [0.5, 0.6) is 0 Å². The first-order valence-corrected chi connectivity index (χ1v) is 20.4. The monoisotopic (exact) mass is 680 g/mol. The minimum Gasteiger partial charge on any atom is -0.500 e. The molecule has 4 aromatic carbocycles. The molecule has 7 aliphatic rings. The molecule has 254 valence electrons. The third kappa shape index (κ3) is 6.36. The van der Waals surface area contributed by atoms with Gasteiger partial charge in [-0.2, -0.15) is 0 Å². The predicted octanol–water partition coefficient (Wildman–Crippen LogP) is 6.48. The van der Waals surface area contributed by atoms with Crippen LogP contribution < -0.4 is 5.32 Å². The molecule has 6 nitrogen and oxygen atoms in total. The van der Waals surface area contributed by atoms with E-state index in [0.29, 0.717) is 25.1 Å². The van der Waals surface area contributed by atoms with E-state index in [0.717, 1.165) is 24.6 Å². The lowest BCUT2D eigenvalue weighted by molar-refractivity contribution is -0.145.